The van der Waals surface area contributed by atoms with Crippen molar-refractivity contribution < 1.29 is 0 Å². The summed E-state index contributed by atoms with van der Waals surface area (Å²) in [5.74, 6) is 0. The number of hydrogen-bond donors (Lipinski definition) is 1. The zero-order chi connectivity index (χ0) is 9.52. The lowest BCUT2D eigenvalue weighted by Gasteiger charge is -2.03. The van der Waals surface area contributed by atoms with Gasteiger partial charge in [0.05, 0.1) is 0 Å². The van der Waals surface area contributed by atoms with Crippen molar-refractivity contribution in [1.82, 2.24) is 10.3 Å². The topological polar surface area (TPSA) is 24.9 Å². The predicted octanol–water partition coefficient (Wildman–Crippen LogP) is 2.31. The summed E-state index contributed by atoms with van der Waals surface area (Å²) in [6.07, 6.45) is 3.63. The van der Waals surface area contributed by atoms with E-state index in [4.69, 9.17) is 11.6 Å². The molecule has 13 heavy (non-hydrogen) atoms. The normalized spacial score (nSPS) is 11.7. The molecule has 2 nitrogen and oxygen atoms in total. The third-order valence-corrected chi connectivity index (χ3v) is 2.01. The van der Waals surface area contributed by atoms with Gasteiger partial charge in [0.25, 0.3) is 0 Å². The van der Waals surface area contributed by atoms with Gasteiger partial charge in [0, 0.05) is 31.0 Å². The molecule has 0 unspecified atom stereocenters. The summed E-state index contributed by atoms with van der Waals surface area (Å²) < 4.78 is 0. The minimum atomic E-state index is 0.818. The summed E-state index contributed by atoms with van der Waals surface area (Å²) >= 11 is 5.52. The molecular weight excluding hydrogens is 184 g/mol. The van der Waals surface area contributed by atoms with Crippen LogP contribution in [0, 0.1) is 0 Å². The Morgan fingerprint density at radius 2 is 2.54 bits per heavy atom. The lowest BCUT2D eigenvalue weighted by molar-refractivity contribution is 0.738. The Morgan fingerprint density at radius 3 is 3.15 bits per heavy atom. The molecule has 0 aliphatic carbocycles. The maximum absolute atomic E-state index is 5.52. The first-order valence-electron chi connectivity index (χ1n) is 4.18. The van der Waals surface area contributed by atoms with Crippen LogP contribution in [-0.4, -0.2) is 11.5 Å². The van der Waals surface area contributed by atoms with Gasteiger partial charge in [-0.1, -0.05) is 17.7 Å². The van der Waals surface area contributed by atoms with Crippen LogP contribution in [0.1, 0.15) is 12.5 Å². The second kappa shape index (κ2) is 5.73. The van der Waals surface area contributed by atoms with E-state index in [9.17, 15) is 0 Å². The summed E-state index contributed by atoms with van der Waals surface area (Å²) in [5.41, 5.74) is 3.91. The molecule has 0 bridgehead atoms. The largest absolute Gasteiger partial charge is 0.309 e. The standard InChI is InChI=1S/C10H13ClN2/c1-9(5-11)6-13-8-10-3-2-4-12-7-10/h2-5,7,13H,6,8H2,1H3/b9-5-. The summed E-state index contributed by atoms with van der Waals surface area (Å²) in [4.78, 5) is 4.02. The number of hydrogen-bond acceptors (Lipinski definition) is 2. The number of halogens is 1. The Labute approximate surface area is 83.6 Å². The maximum atomic E-state index is 5.52. The SMILES string of the molecule is C/C(=C/Cl)CNCc1cccnc1. The summed E-state index contributed by atoms with van der Waals surface area (Å²) in [6.45, 7) is 3.64. The van der Waals surface area contributed by atoms with Gasteiger partial charge in [-0.2, -0.15) is 0 Å². The summed E-state index contributed by atoms with van der Waals surface area (Å²) in [5, 5.41) is 3.26. The van der Waals surface area contributed by atoms with Crippen LogP contribution in [0.15, 0.2) is 35.6 Å². The maximum Gasteiger partial charge on any atom is 0.0312 e. The van der Waals surface area contributed by atoms with E-state index in [1.54, 1.807) is 11.7 Å². The van der Waals surface area contributed by atoms with E-state index < -0.39 is 0 Å². The number of nitrogens with zero attached hydrogens (tertiary/aromatic N) is 1. The molecule has 70 valence electrons. The lowest BCUT2D eigenvalue weighted by Crippen LogP contribution is -2.15. The minimum Gasteiger partial charge on any atom is -0.309 e. The predicted molar refractivity (Wildman–Crippen MR) is 55.6 cm³/mol. The van der Waals surface area contributed by atoms with Crippen LogP contribution in [0.25, 0.3) is 0 Å². The molecule has 3 heteroatoms. The van der Waals surface area contributed by atoms with Crippen molar-refractivity contribution in [3.8, 4) is 0 Å². The molecule has 0 aliphatic rings. The number of pyridine rings is 1. The average Bonchev–Trinajstić information content (AvgIpc) is 2.19. The summed E-state index contributed by atoms with van der Waals surface area (Å²) in [7, 11) is 0. The second-order valence-corrected chi connectivity index (χ2v) is 3.14. The van der Waals surface area contributed by atoms with Crippen molar-refractivity contribution in [2.45, 2.75) is 13.5 Å². The highest BCUT2D eigenvalue weighted by molar-refractivity contribution is 6.25. The highest BCUT2D eigenvalue weighted by Crippen LogP contribution is 1.96. The quantitative estimate of drug-likeness (QED) is 0.800. The molecule has 0 amide bonds. The Kier molecular flexibility index (Phi) is 4.50. The van der Waals surface area contributed by atoms with Gasteiger partial charge in [-0.3, -0.25) is 4.98 Å². The van der Waals surface area contributed by atoms with Crippen LogP contribution in [0.5, 0.6) is 0 Å². The molecule has 0 saturated heterocycles. The van der Waals surface area contributed by atoms with Crippen LogP contribution < -0.4 is 5.32 Å². The van der Waals surface area contributed by atoms with Crippen molar-refractivity contribution in [2.75, 3.05) is 6.54 Å². The van der Waals surface area contributed by atoms with Crippen molar-refractivity contribution >= 4 is 11.6 Å². The Bertz CT molecular complexity index is 270. The molecule has 0 atom stereocenters. The smallest absolute Gasteiger partial charge is 0.0312 e. The molecule has 0 spiro atoms. The first-order chi connectivity index (χ1) is 6.33. The van der Waals surface area contributed by atoms with Gasteiger partial charge in [0.2, 0.25) is 0 Å². The number of aromatic nitrogens is 1. The van der Waals surface area contributed by atoms with E-state index in [1.807, 2.05) is 25.3 Å². The monoisotopic (exact) mass is 196 g/mol. The fourth-order valence-electron chi connectivity index (χ4n) is 0.945. The van der Waals surface area contributed by atoms with E-state index in [0.29, 0.717) is 0 Å². The molecule has 0 aromatic carbocycles. The van der Waals surface area contributed by atoms with Crippen molar-refractivity contribution in [3.63, 3.8) is 0 Å². The first-order valence-corrected chi connectivity index (χ1v) is 4.62. The molecule has 1 rings (SSSR count). The summed E-state index contributed by atoms with van der Waals surface area (Å²) in [6, 6.07) is 3.97. The molecule has 0 fully saturated rings. The van der Waals surface area contributed by atoms with E-state index >= 15 is 0 Å². The Morgan fingerprint density at radius 1 is 1.69 bits per heavy atom. The highest BCUT2D eigenvalue weighted by atomic mass is 35.5. The van der Waals surface area contributed by atoms with Crippen molar-refractivity contribution in [2.24, 2.45) is 0 Å². The highest BCUT2D eigenvalue weighted by Gasteiger charge is 1.91. The zero-order valence-corrected chi connectivity index (χ0v) is 8.38. The molecular formula is C10H13ClN2. The fraction of sp³-hybridized carbons (Fsp3) is 0.300. The van der Waals surface area contributed by atoms with Crippen molar-refractivity contribution in [1.29, 1.82) is 0 Å². The average molecular weight is 197 g/mol. The third-order valence-electron chi connectivity index (χ3n) is 1.64. The second-order valence-electron chi connectivity index (χ2n) is 2.92. The van der Waals surface area contributed by atoms with E-state index in [2.05, 4.69) is 10.3 Å². The third kappa shape index (κ3) is 4.06. The van der Waals surface area contributed by atoms with Crippen molar-refractivity contribution in [3.05, 3.63) is 41.2 Å². The molecule has 0 radical (unpaired) electrons. The van der Waals surface area contributed by atoms with Gasteiger partial charge >= 0.3 is 0 Å². The van der Waals surface area contributed by atoms with Gasteiger partial charge in [-0.05, 0) is 24.1 Å². The van der Waals surface area contributed by atoms with E-state index in [1.165, 1.54) is 5.56 Å². The molecule has 1 N–H and O–H groups in total. The van der Waals surface area contributed by atoms with Gasteiger partial charge in [0.15, 0.2) is 0 Å². The van der Waals surface area contributed by atoms with E-state index in [0.717, 1.165) is 18.7 Å². The van der Waals surface area contributed by atoms with Gasteiger partial charge < -0.3 is 5.32 Å². The Hall–Kier alpha value is -0.860. The number of rotatable bonds is 4. The van der Waals surface area contributed by atoms with Crippen LogP contribution in [-0.2, 0) is 6.54 Å². The van der Waals surface area contributed by atoms with Crippen LogP contribution in [0.2, 0.25) is 0 Å². The molecule has 0 aliphatic heterocycles. The zero-order valence-electron chi connectivity index (χ0n) is 7.63. The Balaban J connectivity index is 2.28. The fourth-order valence-corrected chi connectivity index (χ4v) is 1.02. The number of nitrogens with one attached hydrogen (secondary N) is 1. The molecule has 1 aromatic heterocycles. The minimum absolute atomic E-state index is 0.818. The van der Waals surface area contributed by atoms with Gasteiger partial charge in [0.1, 0.15) is 0 Å². The molecule has 1 aromatic rings. The van der Waals surface area contributed by atoms with Gasteiger partial charge in [-0.25, -0.2) is 0 Å². The molecule has 0 saturated carbocycles. The van der Waals surface area contributed by atoms with Crippen LogP contribution in [0.4, 0.5) is 0 Å². The molecule has 1 heterocycles. The van der Waals surface area contributed by atoms with Crippen LogP contribution in [0.3, 0.4) is 0 Å². The lowest BCUT2D eigenvalue weighted by atomic mass is 10.3. The first kappa shape index (κ1) is 10.2. The van der Waals surface area contributed by atoms with E-state index in [-0.39, 0.29) is 0 Å². The van der Waals surface area contributed by atoms with Crippen LogP contribution >= 0.6 is 11.6 Å². The van der Waals surface area contributed by atoms with Gasteiger partial charge in [-0.15, -0.1) is 0 Å².